The quantitative estimate of drug-likeness (QED) is 0.0178. The van der Waals surface area contributed by atoms with Gasteiger partial charge >= 0.3 is 12.1 Å². The van der Waals surface area contributed by atoms with Crippen LogP contribution in [0.25, 0.3) is 0 Å². The zero-order valence-electron chi connectivity index (χ0n) is 48.3. The van der Waals surface area contributed by atoms with Crippen LogP contribution in [0, 0.1) is 17.8 Å². The van der Waals surface area contributed by atoms with E-state index in [2.05, 4.69) is 42.2 Å². The average Bonchev–Trinajstić information content (AvgIpc) is 3.61. The highest BCUT2D eigenvalue weighted by Crippen LogP contribution is 2.18. The summed E-state index contributed by atoms with van der Waals surface area (Å²) in [5, 5.41) is 62.7. The minimum Gasteiger partial charge on any atom is -0.480 e. The number of primary amides is 1. The first-order chi connectivity index (χ1) is 39.4. The molecule has 0 bridgehead atoms. The molecule has 0 aliphatic heterocycles. The maximum Gasteiger partial charge on any atom is 0.408 e. The van der Waals surface area contributed by atoms with E-state index in [0.717, 1.165) is 13.8 Å². The second kappa shape index (κ2) is 35.5. The Kier molecular flexibility index (Phi) is 30.3. The minimum atomic E-state index is -2.35. The Bertz CT molecular complexity index is 2570. The minimum absolute atomic E-state index is 0.0286. The number of guanidine groups is 1. The molecule has 0 saturated heterocycles. The van der Waals surface area contributed by atoms with E-state index in [9.17, 15) is 68.1 Å². The number of carbonyl (C=O) groups is 11. The predicted molar refractivity (Wildman–Crippen MR) is 303 cm³/mol. The molecule has 0 unspecified atom stereocenters. The van der Waals surface area contributed by atoms with Gasteiger partial charge in [-0.3, -0.25) is 52.9 Å². The number of amides is 10. The summed E-state index contributed by atoms with van der Waals surface area (Å²) < 4.78 is 5.38. The van der Waals surface area contributed by atoms with E-state index in [0.29, 0.717) is 11.1 Å². The first-order valence-corrected chi connectivity index (χ1v) is 27.2. The molecule has 0 heterocycles. The smallest absolute Gasteiger partial charge is 0.408 e. The lowest BCUT2D eigenvalue weighted by atomic mass is 9.95. The van der Waals surface area contributed by atoms with E-state index in [1.165, 1.54) is 0 Å². The van der Waals surface area contributed by atoms with E-state index >= 15 is 0 Å². The van der Waals surface area contributed by atoms with Crippen LogP contribution in [0.2, 0.25) is 0 Å². The van der Waals surface area contributed by atoms with Gasteiger partial charge in [-0.25, -0.2) is 4.79 Å². The summed E-state index contributed by atoms with van der Waals surface area (Å²) in [4.78, 5) is 151. The van der Waals surface area contributed by atoms with Crippen molar-refractivity contribution in [3.8, 4) is 0 Å². The Morgan fingerprint density at radius 1 is 0.595 bits per heavy atom. The van der Waals surface area contributed by atoms with Crippen LogP contribution in [0.5, 0.6) is 0 Å². The molecule has 30 nitrogen and oxygen atoms in total. The highest BCUT2D eigenvalue weighted by Gasteiger charge is 2.40. The normalized spacial score (nSPS) is 15.8. The number of ether oxygens (including phenoxy) is 1. The van der Waals surface area contributed by atoms with Crippen LogP contribution in [0.1, 0.15) is 98.2 Å². The highest BCUT2D eigenvalue weighted by atomic mass is 16.5. The van der Waals surface area contributed by atoms with Gasteiger partial charge in [0, 0.05) is 6.54 Å². The lowest BCUT2D eigenvalue weighted by Gasteiger charge is -2.32. The Morgan fingerprint density at radius 2 is 1.12 bits per heavy atom. The molecular weight excluding hydrogens is 1100 g/mol. The van der Waals surface area contributed by atoms with Gasteiger partial charge < -0.3 is 95.9 Å². The Hall–Kier alpha value is -8.48. The average molecular weight is 1190 g/mol. The largest absolute Gasteiger partial charge is 0.480 e. The fraction of sp³-hybridized carbons (Fsp3) is 0.556. The number of rotatable bonds is 35. The number of nitrogens with zero attached hydrogens (tertiary/aromatic N) is 1. The lowest BCUT2D eigenvalue weighted by molar-refractivity contribution is -0.143. The van der Waals surface area contributed by atoms with Crippen LogP contribution in [-0.2, 0) is 59.3 Å². The number of carboxylic acid groups (broad SMARTS) is 1. The van der Waals surface area contributed by atoms with E-state index in [1.54, 1.807) is 102 Å². The van der Waals surface area contributed by atoms with Gasteiger partial charge in [0.05, 0.1) is 24.8 Å². The van der Waals surface area contributed by atoms with Crippen molar-refractivity contribution in [3.05, 3.63) is 71.8 Å². The van der Waals surface area contributed by atoms with Crippen molar-refractivity contribution in [2.45, 2.75) is 160 Å². The number of nitrogens with one attached hydrogen (secondary N) is 9. The summed E-state index contributed by atoms with van der Waals surface area (Å²) in [5.74, 6) is -13.5. The van der Waals surface area contributed by atoms with Crippen molar-refractivity contribution in [1.29, 1.82) is 0 Å². The van der Waals surface area contributed by atoms with E-state index in [4.69, 9.17) is 32.8 Å². The van der Waals surface area contributed by atoms with Crippen LogP contribution in [0.3, 0.4) is 0 Å². The molecule has 0 fully saturated rings. The molecule has 0 radical (unpaired) electrons. The number of alkyl carbamates (subject to hydrolysis) is 1. The molecule has 0 aliphatic rings. The summed E-state index contributed by atoms with van der Waals surface area (Å²) >= 11 is 0. The number of nitrogens with two attached hydrogens (primary N) is 4. The standard InChI is InChI=1S/C54H84N14O16/c1-9-28(6)37(48(77)66-38(30(8)69)47(76)60-24-35(70)64-41(43(72)44(56)73)50(79)61-29(7)52(81)82)65-45(74)33(21-16-22-59-53(57)58)62-46(75)34(23-26(2)3)63-51(80)40(42(71)27(4)5)67-49(78)39(36(55)32-19-14-11-15-20-32)68-54(83)84-25-31-17-12-10-13-18-31/h10-15,17-20,26-30,33-34,36-43,69,71-72H,9,16,21-25,55H2,1-8H3,(H2,56,73)(H,60,76)(H,61,79)(H,62,75)(H,63,80)(H,64,70)(H,65,74)(H,66,77)(H,67,78)(H,68,83)(H,81,82)(H4,57,58,59)/t28-,29-,30-,33+,34-,36+,37-,38-,39-,40-,41-,42+,43-/m0/s1. The van der Waals surface area contributed by atoms with E-state index in [1.807, 2.05) is 10.6 Å². The zero-order valence-corrected chi connectivity index (χ0v) is 48.3. The monoisotopic (exact) mass is 1180 g/mol. The fourth-order valence-corrected chi connectivity index (χ4v) is 7.94. The van der Waals surface area contributed by atoms with Crippen molar-refractivity contribution < 1.29 is 77.9 Å². The van der Waals surface area contributed by atoms with Crippen molar-refractivity contribution in [1.82, 2.24) is 47.9 Å². The van der Waals surface area contributed by atoms with Gasteiger partial charge in [0.15, 0.2) is 12.1 Å². The van der Waals surface area contributed by atoms with Gasteiger partial charge in [-0.2, -0.15) is 0 Å². The maximum absolute atomic E-state index is 14.4. The van der Waals surface area contributed by atoms with Gasteiger partial charge in [-0.1, -0.05) is 109 Å². The highest BCUT2D eigenvalue weighted by molar-refractivity contribution is 5.99. The van der Waals surface area contributed by atoms with Crippen molar-refractivity contribution in [3.63, 3.8) is 0 Å². The third-order valence-corrected chi connectivity index (χ3v) is 13.0. The second-order valence-corrected chi connectivity index (χ2v) is 20.8. The number of aliphatic carboxylic acids is 1. The third kappa shape index (κ3) is 24.2. The van der Waals surface area contributed by atoms with Gasteiger partial charge in [0.1, 0.15) is 54.9 Å². The molecule has 2 rings (SSSR count). The lowest BCUT2D eigenvalue weighted by Crippen LogP contribution is -2.63. The van der Waals surface area contributed by atoms with E-state index in [-0.39, 0.29) is 50.7 Å². The van der Waals surface area contributed by atoms with E-state index < -0.39 is 156 Å². The second-order valence-electron chi connectivity index (χ2n) is 20.8. The molecular formula is C54H84N14O16. The third-order valence-electron chi connectivity index (χ3n) is 13.0. The molecule has 30 heteroatoms. The number of benzene rings is 2. The first kappa shape index (κ1) is 71.6. The van der Waals surface area contributed by atoms with Gasteiger partial charge in [-0.05, 0) is 62.0 Å². The summed E-state index contributed by atoms with van der Waals surface area (Å²) in [6.07, 6.45) is -6.55. The van der Waals surface area contributed by atoms with Crippen molar-refractivity contribution >= 4 is 71.2 Å². The molecule has 21 N–H and O–H groups in total. The number of hydrogen-bond acceptors (Lipinski definition) is 17. The molecule has 10 amide bonds. The Labute approximate surface area is 486 Å². The van der Waals surface area contributed by atoms with Gasteiger partial charge in [-0.15, -0.1) is 0 Å². The van der Waals surface area contributed by atoms with Gasteiger partial charge in [0.2, 0.25) is 53.2 Å². The molecule has 0 aliphatic carbocycles. The Balaban J connectivity index is 2.44. The predicted octanol–water partition coefficient (Wildman–Crippen LogP) is -4.01. The number of aliphatic hydroxyl groups excluding tert-OH is 3. The number of aliphatic hydroxyl groups is 3. The summed E-state index contributed by atoms with van der Waals surface area (Å²) in [7, 11) is 0. The first-order valence-electron chi connectivity index (χ1n) is 27.2. The van der Waals surface area contributed by atoms with Crippen LogP contribution >= 0.6 is 0 Å². The molecule has 0 saturated carbocycles. The number of hydrogen-bond donors (Lipinski definition) is 17. The van der Waals surface area contributed by atoms with Crippen LogP contribution in [0.4, 0.5) is 4.79 Å². The summed E-state index contributed by atoms with van der Waals surface area (Å²) in [5.41, 5.74) is 23.8. The van der Waals surface area contributed by atoms with Crippen LogP contribution in [0.15, 0.2) is 65.7 Å². The maximum atomic E-state index is 14.4. The molecule has 0 spiro atoms. The van der Waals surface area contributed by atoms with Gasteiger partial charge in [0.25, 0.3) is 0 Å². The SMILES string of the molecule is CC[C@H](C)[C@H](NC(=O)[C@@H](CCCN=C(N)N)NC(=O)[C@H](CC(C)C)NC(=O)[C@@H](NC(=O)[C@@H](NC(=O)OCc1ccccc1)[C@H](N)c1ccccc1)[C@H](O)C(C)C)C(=O)N[C@H](C(=O)NCC(=O)N[C@H](C(=O)N[C@@H](C)C(=O)O)[C@H](O)C(N)=O)[C@H](C)O. The summed E-state index contributed by atoms with van der Waals surface area (Å²) in [6.45, 7) is 10.8. The molecule has 466 valence electrons. The number of carboxylic acids is 1. The Morgan fingerprint density at radius 3 is 1.65 bits per heavy atom. The molecule has 84 heavy (non-hydrogen) atoms. The molecule has 0 aromatic heterocycles. The fourth-order valence-electron chi connectivity index (χ4n) is 7.94. The zero-order chi connectivity index (χ0) is 63.5. The number of aliphatic imine (C=N–C) groups is 1. The van der Waals surface area contributed by atoms with Crippen molar-refractivity contribution in [2.75, 3.05) is 13.1 Å². The van der Waals surface area contributed by atoms with Crippen LogP contribution in [-0.4, -0.2) is 171 Å². The van der Waals surface area contributed by atoms with Crippen LogP contribution < -0.4 is 70.8 Å². The summed E-state index contributed by atoms with van der Waals surface area (Å²) in [6, 6.07) is 2.52. The number of carbonyl (C=O) groups excluding carboxylic acids is 10. The topological polar surface area (TPSA) is 503 Å². The molecule has 2 aromatic rings. The van der Waals surface area contributed by atoms with Crippen molar-refractivity contribution in [2.24, 2.45) is 45.7 Å². The molecule has 13 atom stereocenters. The molecule has 2 aromatic carbocycles.